The number of fused-ring (bicyclic) bond motifs is 15. The SMILES string of the molecule is CC[C@H]1OC(=O)[C@H](C)C(=O)[C@H](C)[C@@H](O[C@@H]2O[C@H](C)C[C@H](N(C)C)[C@H]2O)[C@@]2(C)C[C@@H](C)N(C)C[C@H](C)[C@@H](OCC(=NOCc3ccc(-n4cccn4)nc3)CO2)[C@]1(C)O. The zero-order chi connectivity index (χ0) is 42.5. The van der Waals surface area contributed by atoms with Crippen LogP contribution in [0, 0.1) is 17.8 Å². The van der Waals surface area contributed by atoms with Crippen LogP contribution in [0.25, 0.3) is 5.82 Å². The lowest BCUT2D eigenvalue weighted by atomic mass is 9.79. The number of hydrogen-bond acceptors (Lipinski definition) is 15. The highest BCUT2D eigenvalue weighted by Crippen LogP contribution is 2.38. The van der Waals surface area contributed by atoms with E-state index in [2.05, 4.69) is 27.1 Å². The Morgan fingerprint density at radius 3 is 2.48 bits per heavy atom. The van der Waals surface area contributed by atoms with Crippen molar-refractivity contribution >= 4 is 17.5 Å². The Hall–Kier alpha value is -3.35. The third-order valence-corrected chi connectivity index (χ3v) is 12.2. The first-order chi connectivity index (χ1) is 27.4. The molecule has 4 fully saturated rings. The summed E-state index contributed by atoms with van der Waals surface area (Å²) < 4.78 is 34.3. The highest BCUT2D eigenvalue weighted by molar-refractivity contribution is 6.00. The molecule has 0 radical (unpaired) electrons. The van der Waals surface area contributed by atoms with Gasteiger partial charge in [-0.1, -0.05) is 32.0 Å². The van der Waals surface area contributed by atoms with E-state index in [1.54, 1.807) is 30.9 Å². The minimum Gasteiger partial charge on any atom is -0.459 e. The minimum absolute atomic E-state index is 0.0930. The lowest BCUT2D eigenvalue weighted by Gasteiger charge is -2.48. The number of Topliss-reactive ketones (excluding diaryl/α,β-unsaturated/α-hetero) is 1. The first kappa shape index (κ1) is 45.7. The van der Waals surface area contributed by atoms with Gasteiger partial charge >= 0.3 is 5.97 Å². The molecule has 0 amide bonds. The maximum atomic E-state index is 14.5. The number of oxime groups is 1. The number of nitrogens with zero attached hydrogens (tertiary/aromatic N) is 6. The summed E-state index contributed by atoms with van der Waals surface area (Å²) in [7, 11) is 5.78. The van der Waals surface area contributed by atoms with Crippen LogP contribution in [-0.4, -0.2) is 153 Å². The molecule has 16 nitrogen and oxygen atoms in total. The summed E-state index contributed by atoms with van der Waals surface area (Å²) in [6.45, 7) is 14.9. The molecule has 2 N–H and O–H groups in total. The van der Waals surface area contributed by atoms with Crippen LogP contribution < -0.4 is 0 Å². The van der Waals surface area contributed by atoms with E-state index in [1.165, 1.54) is 6.92 Å². The van der Waals surface area contributed by atoms with Crippen molar-refractivity contribution in [2.45, 2.75) is 141 Å². The number of likely N-dealkylation sites (N-methyl/N-ethyl adjacent to an activating group) is 1. The van der Waals surface area contributed by atoms with E-state index >= 15 is 0 Å². The molecule has 2 bridgehead atoms. The van der Waals surface area contributed by atoms with Gasteiger partial charge in [0.25, 0.3) is 0 Å². The van der Waals surface area contributed by atoms with E-state index in [1.807, 2.05) is 78.1 Å². The summed E-state index contributed by atoms with van der Waals surface area (Å²) in [5, 5.41) is 32.7. The molecule has 0 unspecified atom stereocenters. The quantitative estimate of drug-likeness (QED) is 0.225. The van der Waals surface area contributed by atoms with Crippen LogP contribution >= 0.6 is 0 Å². The van der Waals surface area contributed by atoms with E-state index < -0.39 is 65.5 Å². The molecule has 6 heterocycles. The normalized spacial score (nSPS) is 38.4. The molecule has 6 rings (SSSR count). The van der Waals surface area contributed by atoms with Gasteiger partial charge in [0.15, 0.2) is 17.9 Å². The molecule has 4 aliphatic rings. The largest absolute Gasteiger partial charge is 0.459 e. The van der Waals surface area contributed by atoms with Gasteiger partial charge in [0, 0.05) is 48.7 Å². The minimum atomic E-state index is -1.67. The number of aliphatic hydroxyl groups is 2. The van der Waals surface area contributed by atoms with Gasteiger partial charge in [-0.3, -0.25) is 9.59 Å². The average molecular weight is 815 g/mol. The molecule has 4 saturated heterocycles. The van der Waals surface area contributed by atoms with E-state index in [0.29, 0.717) is 30.9 Å². The van der Waals surface area contributed by atoms with E-state index in [-0.39, 0.29) is 50.3 Å². The molecule has 13 atom stereocenters. The molecule has 0 aromatic carbocycles. The number of esters is 1. The number of aromatic nitrogens is 3. The number of aliphatic hydroxyl groups excluding tert-OH is 1. The van der Waals surface area contributed by atoms with E-state index in [9.17, 15) is 19.8 Å². The topological polar surface area (TPSA) is 180 Å². The predicted molar refractivity (Wildman–Crippen MR) is 215 cm³/mol. The summed E-state index contributed by atoms with van der Waals surface area (Å²) in [6, 6.07) is 5.11. The summed E-state index contributed by atoms with van der Waals surface area (Å²) in [4.78, 5) is 42.8. The Kier molecular flexibility index (Phi) is 15.3. The second kappa shape index (κ2) is 19.4. The van der Waals surface area contributed by atoms with Crippen molar-refractivity contribution in [2.75, 3.05) is 40.9 Å². The van der Waals surface area contributed by atoms with Crippen LogP contribution in [0.15, 0.2) is 41.9 Å². The zero-order valence-corrected chi connectivity index (χ0v) is 36.1. The van der Waals surface area contributed by atoms with Crippen molar-refractivity contribution in [1.29, 1.82) is 0 Å². The van der Waals surface area contributed by atoms with Gasteiger partial charge in [0.05, 0.1) is 37.1 Å². The predicted octanol–water partition coefficient (Wildman–Crippen LogP) is 3.40. The van der Waals surface area contributed by atoms with Crippen molar-refractivity contribution < 1.29 is 48.3 Å². The summed E-state index contributed by atoms with van der Waals surface area (Å²) in [6.07, 6.45) is 1.12. The monoisotopic (exact) mass is 814 g/mol. The first-order valence-electron chi connectivity index (χ1n) is 20.6. The standard InChI is InChI=1S/C42H66N6O10/c1-12-33-42(8,52)37-25(2)21-47(11)26(3)19-41(7,54-24-31(23-53-37)45-55-22-30-14-15-34(43-20-30)48-17-13-16-44-48)38(28(5)35(49)29(6)39(51)57-33)58-40-36(50)32(46(9)10)18-27(4)56-40/h13-17,20,25-29,32-33,36-38,40,50,52H,12,18-19,21-24H2,1-11H3/t25-,26+,27+,28-,29+,32-,33+,36+,37+,38+,40-,41+,42+/m0/s1. The lowest BCUT2D eigenvalue weighted by molar-refractivity contribution is -0.296. The molecule has 0 aliphatic carbocycles. The number of carbonyl (C=O) groups excluding carboxylic acids is 2. The Labute approximate surface area is 343 Å². The fraction of sp³-hybridized carbons (Fsp3) is 0.738. The van der Waals surface area contributed by atoms with Crippen molar-refractivity contribution in [1.82, 2.24) is 24.6 Å². The van der Waals surface area contributed by atoms with E-state index in [0.717, 1.165) is 5.56 Å². The maximum absolute atomic E-state index is 14.5. The van der Waals surface area contributed by atoms with Gasteiger partial charge in [0.1, 0.15) is 36.0 Å². The lowest BCUT2D eigenvalue weighted by Crippen LogP contribution is -2.60. The molecule has 4 aliphatic heterocycles. The van der Waals surface area contributed by atoms with Gasteiger partial charge in [-0.2, -0.15) is 5.10 Å². The second-order valence-corrected chi connectivity index (χ2v) is 17.3. The highest BCUT2D eigenvalue weighted by atomic mass is 16.7. The summed E-state index contributed by atoms with van der Waals surface area (Å²) in [5.41, 5.74) is -1.75. The van der Waals surface area contributed by atoms with Gasteiger partial charge < -0.3 is 48.5 Å². The van der Waals surface area contributed by atoms with Crippen molar-refractivity contribution in [3.05, 3.63) is 42.4 Å². The number of hydrogen-bond donors (Lipinski definition) is 2. The maximum Gasteiger partial charge on any atom is 0.316 e. The number of pyridine rings is 1. The molecule has 58 heavy (non-hydrogen) atoms. The third-order valence-electron chi connectivity index (χ3n) is 12.2. The van der Waals surface area contributed by atoms with Crippen molar-refractivity contribution in [3.63, 3.8) is 0 Å². The van der Waals surface area contributed by atoms with Crippen molar-refractivity contribution in [2.24, 2.45) is 22.9 Å². The number of carbonyl (C=O) groups is 2. The molecular formula is C42H66N6O10. The van der Waals surface area contributed by atoms with Gasteiger partial charge in [0.2, 0.25) is 0 Å². The van der Waals surface area contributed by atoms with Gasteiger partial charge in [-0.15, -0.1) is 0 Å². The van der Waals surface area contributed by atoms with Crippen LogP contribution in [0.1, 0.15) is 80.2 Å². The van der Waals surface area contributed by atoms with E-state index in [4.69, 9.17) is 28.5 Å². The third kappa shape index (κ3) is 10.5. The molecule has 16 heteroatoms. The molecule has 2 aromatic rings. The second-order valence-electron chi connectivity index (χ2n) is 17.3. The molecule has 0 saturated carbocycles. The summed E-state index contributed by atoms with van der Waals surface area (Å²) in [5.74, 6) is -2.95. The van der Waals surface area contributed by atoms with Gasteiger partial charge in [-0.25, -0.2) is 9.67 Å². The van der Waals surface area contributed by atoms with Crippen LogP contribution in [-0.2, 0) is 44.7 Å². The Morgan fingerprint density at radius 1 is 1.10 bits per heavy atom. The van der Waals surface area contributed by atoms with Gasteiger partial charge in [-0.05, 0) is 93.1 Å². The number of ketones is 1. The zero-order valence-electron chi connectivity index (χ0n) is 36.1. The fourth-order valence-corrected chi connectivity index (χ4v) is 8.70. The first-order valence-corrected chi connectivity index (χ1v) is 20.6. The Morgan fingerprint density at radius 2 is 1.84 bits per heavy atom. The molecule has 0 spiro atoms. The van der Waals surface area contributed by atoms with Crippen LogP contribution in [0.3, 0.4) is 0 Å². The number of ether oxygens (including phenoxy) is 5. The molecular weight excluding hydrogens is 748 g/mol. The fourth-order valence-electron chi connectivity index (χ4n) is 8.70. The smallest absolute Gasteiger partial charge is 0.316 e. The molecule has 324 valence electrons. The highest BCUT2D eigenvalue weighted by Gasteiger charge is 2.51. The van der Waals surface area contributed by atoms with Crippen LogP contribution in [0.5, 0.6) is 0 Å². The Bertz CT molecular complexity index is 1670. The number of rotatable bonds is 8. The van der Waals surface area contributed by atoms with Crippen LogP contribution in [0.4, 0.5) is 0 Å². The van der Waals surface area contributed by atoms with Crippen LogP contribution in [0.2, 0.25) is 0 Å². The average Bonchev–Trinajstić information content (AvgIpc) is 3.72. The summed E-state index contributed by atoms with van der Waals surface area (Å²) >= 11 is 0. The molecule has 2 aromatic heterocycles. The van der Waals surface area contributed by atoms with Crippen molar-refractivity contribution in [3.8, 4) is 5.82 Å². The Balaban J connectivity index is 1.58.